The summed E-state index contributed by atoms with van der Waals surface area (Å²) in [6.45, 7) is 5.82. The van der Waals surface area contributed by atoms with Crippen LogP contribution in [0.3, 0.4) is 0 Å². The second-order valence-electron chi connectivity index (χ2n) is 9.82. The summed E-state index contributed by atoms with van der Waals surface area (Å²) in [5, 5.41) is 0. The van der Waals surface area contributed by atoms with Gasteiger partial charge >= 0.3 is 0 Å². The summed E-state index contributed by atoms with van der Waals surface area (Å²) in [6, 6.07) is 16.6. The molecule has 40 heavy (non-hydrogen) atoms. The monoisotopic (exact) mass is 549 g/mol. The molecular weight excluding hydrogens is 512 g/mol. The summed E-state index contributed by atoms with van der Waals surface area (Å²) in [7, 11) is 0. The fraction of sp³-hybridized carbons (Fsp3) is 0.375. The van der Waals surface area contributed by atoms with Crippen LogP contribution in [0.25, 0.3) is 11.1 Å². The predicted molar refractivity (Wildman–Crippen MR) is 154 cm³/mol. The molecule has 0 unspecified atom stereocenters. The minimum absolute atomic E-state index is 0.246. The molecule has 2 aromatic carbocycles. The van der Waals surface area contributed by atoms with Crippen molar-refractivity contribution in [2.75, 3.05) is 33.1 Å². The van der Waals surface area contributed by atoms with Gasteiger partial charge in [0.05, 0.1) is 13.3 Å². The van der Waals surface area contributed by atoms with Crippen LogP contribution in [-0.2, 0) is 6.42 Å². The smallest absolute Gasteiger partial charge is 0.248 e. The van der Waals surface area contributed by atoms with Crippen molar-refractivity contribution >= 4 is 17.1 Å². The number of carbonyl (C=O) groups is 1. The number of carbonyl (C=O) groups excluding carboxylic acids is 1. The number of alkyl halides is 1. The molecule has 0 spiro atoms. The zero-order valence-electron chi connectivity index (χ0n) is 23.2. The highest BCUT2D eigenvalue weighted by Gasteiger charge is 2.23. The van der Waals surface area contributed by atoms with Gasteiger partial charge in [0.1, 0.15) is 12.5 Å². The first kappa shape index (κ1) is 29.2. The first-order valence-corrected chi connectivity index (χ1v) is 13.9. The van der Waals surface area contributed by atoms with Crippen LogP contribution in [0.15, 0.2) is 54.6 Å². The Morgan fingerprint density at radius 2 is 1.77 bits per heavy atom. The Labute approximate surface area is 234 Å². The number of aromatic nitrogens is 1. The van der Waals surface area contributed by atoms with Crippen molar-refractivity contribution in [3.8, 4) is 11.6 Å². The molecule has 0 aliphatic heterocycles. The number of aryl methyl sites for hydroxylation is 1. The van der Waals surface area contributed by atoms with Crippen LogP contribution in [0.4, 0.5) is 8.78 Å². The predicted octanol–water partition coefficient (Wildman–Crippen LogP) is 6.42. The summed E-state index contributed by atoms with van der Waals surface area (Å²) >= 11 is 0. The minimum Gasteiger partial charge on any atom is -0.478 e. The fourth-order valence-electron chi connectivity index (χ4n) is 5.14. The molecule has 8 heteroatoms. The number of pyridine rings is 1. The van der Waals surface area contributed by atoms with Gasteiger partial charge < -0.3 is 15.2 Å². The SMILES string of the molecule is CCCN(CCCF)COc1ccc(C2=C(c3ccc(OCC)nc3F)CCCc3cc(C(N)=O)ccc32)cc1. The second kappa shape index (κ2) is 14.0. The van der Waals surface area contributed by atoms with E-state index in [1.807, 2.05) is 43.3 Å². The van der Waals surface area contributed by atoms with Crippen molar-refractivity contribution in [1.82, 2.24) is 9.88 Å². The molecule has 3 aromatic rings. The van der Waals surface area contributed by atoms with E-state index in [1.54, 1.807) is 18.2 Å². The number of hydrogen-bond donors (Lipinski definition) is 1. The van der Waals surface area contributed by atoms with Gasteiger partial charge in [0.2, 0.25) is 17.7 Å². The second-order valence-corrected chi connectivity index (χ2v) is 9.82. The molecule has 1 aliphatic carbocycles. The Hall–Kier alpha value is -3.78. The van der Waals surface area contributed by atoms with Crippen molar-refractivity contribution in [3.63, 3.8) is 0 Å². The van der Waals surface area contributed by atoms with Gasteiger partial charge in [-0.25, -0.2) is 0 Å². The number of benzene rings is 2. The van der Waals surface area contributed by atoms with Gasteiger partial charge in [-0.2, -0.15) is 9.37 Å². The number of amides is 1. The van der Waals surface area contributed by atoms with Gasteiger partial charge in [-0.1, -0.05) is 25.1 Å². The van der Waals surface area contributed by atoms with Crippen LogP contribution >= 0.6 is 0 Å². The first-order valence-electron chi connectivity index (χ1n) is 13.9. The lowest BCUT2D eigenvalue weighted by atomic mass is 9.87. The molecule has 1 aliphatic rings. The summed E-state index contributed by atoms with van der Waals surface area (Å²) in [5.41, 5.74) is 11.0. The van der Waals surface area contributed by atoms with E-state index in [4.69, 9.17) is 15.2 Å². The molecule has 2 N–H and O–H groups in total. The molecule has 0 saturated carbocycles. The van der Waals surface area contributed by atoms with Crippen molar-refractivity contribution < 1.29 is 23.0 Å². The van der Waals surface area contributed by atoms with Gasteiger partial charge in [-0.05, 0) is 97.2 Å². The quantitative estimate of drug-likeness (QED) is 0.197. The number of nitrogens with two attached hydrogens (primary N) is 1. The normalized spacial score (nSPS) is 13.2. The molecule has 0 saturated heterocycles. The molecule has 6 nitrogen and oxygen atoms in total. The zero-order chi connectivity index (χ0) is 28.5. The summed E-state index contributed by atoms with van der Waals surface area (Å²) in [6.07, 6.45) is 3.56. The van der Waals surface area contributed by atoms with Crippen molar-refractivity contribution in [2.24, 2.45) is 5.73 Å². The zero-order valence-corrected chi connectivity index (χ0v) is 23.2. The maximum atomic E-state index is 15.4. The average molecular weight is 550 g/mol. The highest BCUT2D eigenvalue weighted by Crippen LogP contribution is 2.41. The maximum absolute atomic E-state index is 15.4. The molecule has 1 heterocycles. The third-order valence-electron chi connectivity index (χ3n) is 6.98. The number of halogens is 2. The van der Waals surface area contributed by atoms with Crippen LogP contribution in [0.2, 0.25) is 0 Å². The first-order chi connectivity index (χ1) is 19.4. The molecule has 4 rings (SSSR count). The van der Waals surface area contributed by atoms with Gasteiger partial charge in [0.25, 0.3) is 0 Å². The number of primary amides is 1. The maximum Gasteiger partial charge on any atom is 0.248 e. The van der Waals surface area contributed by atoms with E-state index in [9.17, 15) is 9.18 Å². The van der Waals surface area contributed by atoms with Crippen molar-refractivity contribution in [3.05, 3.63) is 88.4 Å². The van der Waals surface area contributed by atoms with Crippen molar-refractivity contribution in [2.45, 2.75) is 46.0 Å². The third kappa shape index (κ3) is 7.04. The number of fused-ring (bicyclic) bond motifs is 1. The van der Waals surface area contributed by atoms with Gasteiger partial charge in [0, 0.05) is 30.3 Å². The molecule has 1 amide bonds. The lowest BCUT2D eigenvalue weighted by Gasteiger charge is -2.22. The van der Waals surface area contributed by atoms with E-state index in [0.29, 0.717) is 49.6 Å². The van der Waals surface area contributed by atoms with E-state index >= 15 is 4.39 Å². The third-order valence-corrected chi connectivity index (χ3v) is 6.98. The van der Waals surface area contributed by atoms with E-state index in [2.05, 4.69) is 16.8 Å². The Balaban J connectivity index is 1.74. The number of hydrogen-bond acceptors (Lipinski definition) is 5. The van der Waals surface area contributed by atoms with E-state index in [1.165, 1.54) is 0 Å². The molecule has 0 atom stereocenters. The molecule has 0 radical (unpaired) electrons. The number of nitrogens with zero attached hydrogens (tertiary/aromatic N) is 2. The minimum atomic E-state index is -0.583. The number of ether oxygens (including phenoxy) is 2. The van der Waals surface area contributed by atoms with Gasteiger partial charge in [0.15, 0.2) is 0 Å². The fourth-order valence-corrected chi connectivity index (χ4v) is 5.14. The Kier molecular flexibility index (Phi) is 10.2. The van der Waals surface area contributed by atoms with Crippen LogP contribution in [-0.4, -0.2) is 48.9 Å². The van der Waals surface area contributed by atoms with E-state index in [-0.39, 0.29) is 12.6 Å². The standard InChI is InChI=1S/C32H37F2N3O3/c1-3-18-37(19-6-17-33)21-40-25-12-9-22(10-13-25)30-26-14-11-24(32(35)38)20-23(26)7-5-8-27(30)28-15-16-29(39-4-2)36-31(28)34/h9-16,20H,3-8,17-19,21H2,1-2H3,(H2,35,38). The molecule has 212 valence electrons. The van der Waals surface area contributed by atoms with E-state index in [0.717, 1.165) is 53.6 Å². The Bertz CT molecular complexity index is 1340. The van der Waals surface area contributed by atoms with Crippen molar-refractivity contribution in [1.29, 1.82) is 0 Å². The van der Waals surface area contributed by atoms with Crippen LogP contribution in [0.5, 0.6) is 11.6 Å². The average Bonchev–Trinajstić information content (AvgIpc) is 3.14. The molecule has 0 bridgehead atoms. The summed E-state index contributed by atoms with van der Waals surface area (Å²) in [5.74, 6) is -0.125. The van der Waals surface area contributed by atoms with Crippen LogP contribution in [0.1, 0.15) is 72.1 Å². The molecule has 0 fully saturated rings. The summed E-state index contributed by atoms with van der Waals surface area (Å²) < 4.78 is 39.5. The number of rotatable bonds is 13. The molecule has 1 aromatic heterocycles. The van der Waals surface area contributed by atoms with Crippen LogP contribution in [0, 0.1) is 5.95 Å². The highest BCUT2D eigenvalue weighted by atomic mass is 19.1. The number of allylic oxidation sites excluding steroid dienone is 1. The van der Waals surface area contributed by atoms with Gasteiger partial charge in [-0.15, -0.1) is 0 Å². The Morgan fingerprint density at radius 3 is 2.45 bits per heavy atom. The van der Waals surface area contributed by atoms with Crippen LogP contribution < -0.4 is 15.2 Å². The lowest BCUT2D eigenvalue weighted by Crippen LogP contribution is -2.30. The Morgan fingerprint density at radius 1 is 1.00 bits per heavy atom. The topological polar surface area (TPSA) is 77.7 Å². The largest absolute Gasteiger partial charge is 0.478 e. The highest BCUT2D eigenvalue weighted by molar-refractivity contribution is 6.01. The van der Waals surface area contributed by atoms with E-state index < -0.39 is 11.9 Å². The lowest BCUT2D eigenvalue weighted by molar-refractivity contribution is 0.1000. The summed E-state index contributed by atoms with van der Waals surface area (Å²) in [4.78, 5) is 18.0. The molecular formula is C32H37F2N3O3. The van der Waals surface area contributed by atoms with Gasteiger partial charge in [-0.3, -0.25) is 14.1 Å².